The Kier molecular flexibility index (Phi) is 4.87. The number of nitrogens with zero attached hydrogens (tertiary/aromatic N) is 1. The van der Waals surface area contributed by atoms with Gasteiger partial charge in [-0.25, -0.2) is 8.78 Å². The molecule has 1 unspecified atom stereocenters. The summed E-state index contributed by atoms with van der Waals surface area (Å²) in [6.45, 7) is 2.31. The number of amides is 1. The van der Waals surface area contributed by atoms with Gasteiger partial charge in [0.25, 0.3) is 5.91 Å². The Morgan fingerprint density at radius 3 is 2.59 bits per heavy atom. The van der Waals surface area contributed by atoms with Crippen LogP contribution in [0.2, 0.25) is 0 Å². The molecule has 0 saturated heterocycles. The number of carbonyl (C=O) groups is 1. The van der Waals surface area contributed by atoms with Crippen LogP contribution >= 0.6 is 11.6 Å². The highest BCUT2D eigenvalue weighted by Crippen LogP contribution is 2.11. The van der Waals surface area contributed by atoms with E-state index in [2.05, 4.69) is 0 Å². The van der Waals surface area contributed by atoms with Crippen molar-refractivity contribution in [2.45, 2.75) is 18.7 Å². The second-order valence-electron chi connectivity index (χ2n) is 3.93. The van der Waals surface area contributed by atoms with Crippen LogP contribution < -0.4 is 0 Å². The third-order valence-electron chi connectivity index (χ3n) is 2.38. The van der Waals surface area contributed by atoms with Crippen LogP contribution in [0.4, 0.5) is 8.78 Å². The molecule has 0 fully saturated rings. The molecular weight excluding hydrogens is 248 g/mol. The van der Waals surface area contributed by atoms with Gasteiger partial charge in [0.2, 0.25) is 0 Å². The average molecular weight is 262 g/mol. The number of hydrogen-bond donors (Lipinski definition) is 0. The van der Waals surface area contributed by atoms with Crippen molar-refractivity contribution in [3.05, 3.63) is 35.4 Å². The zero-order valence-electron chi connectivity index (χ0n) is 9.71. The van der Waals surface area contributed by atoms with Crippen molar-refractivity contribution in [3.8, 4) is 0 Å². The van der Waals surface area contributed by atoms with Crippen LogP contribution in [0, 0.1) is 11.6 Å². The third-order valence-corrected chi connectivity index (χ3v) is 2.59. The maximum atomic E-state index is 13.0. The van der Waals surface area contributed by atoms with Gasteiger partial charge in [-0.15, -0.1) is 11.6 Å². The van der Waals surface area contributed by atoms with Gasteiger partial charge in [-0.1, -0.05) is 0 Å². The van der Waals surface area contributed by atoms with Crippen molar-refractivity contribution in [2.24, 2.45) is 0 Å². The Bertz CT molecular complexity index is 409. The topological polar surface area (TPSA) is 20.3 Å². The van der Waals surface area contributed by atoms with E-state index in [1.165, 1.54) is 11.0 Å². The summed E-state index contributed by atoms with van der Waals surface area (Å²) >= 11 is 5.77. The highest BCUT2D eigenvalue weighted by molar-refractivity contribution is 6.20. The molecule has 5 heteroatoms. The molecule has 0 aliphatic heterocycles. The Balaban J connectivity index is 2.71. The van der Waals surface area contributed by atoms with Gasteiger partial charge in [-0.3, -0.25) is 4.79 Å². The van der Waals surface area contributed by atoms with Gasteiger partial charge in [-0.2, -0.15) is 0 Å². The first-order chi connectivity index (χ1) is 7.91. The molecule has 17 heavy (non-hydrogen) atoms. The van der Waals surface area contributed by atoms with E-state index in [0.717, 1.165) is 12.1 Å². The van der Waals surface area contributed by atoms with E-state index >= 15 is 0 Å². The molecule has 1 rings (SSSR count). The molecule has 1 aromatic carbocycles. The zero-order valence-corrected chi connectivity index (χ0v) is 10.5. The maximum Gasteiger partial charge on any atom is 0.253 e. The van der Waals surface area contributed by atoms with Crippen LogP contribution in [-0.4, -0.2) is 29.8 Å². The number of alkyl halides is 1. The molecule has 0 saturated carbocycles. The molecular formula is C12H14ClF2NO. The van der Waals surface area contributed by atoms with E-state index in [9.17, 15) is 13.6 Å². The molecule has 1 aromatic rings. The van der Waals surface area contributed by atoms with Crippen molar-refractivity contribution < 1.29 is 13.6 Å². The van der Waals surface area contributed by atoms with Gasteiger partial charge in [0, 0.05) is 24.5 Å². The summed E-state index contributed by atoms with van der Waals surface area (Å²) in [4.78, 5) is 13.3. The van der Waals surface area contributed by atoms with E-state index in [-0.39, 0.29) is 16.8 Å². The summed E-state index contributed by atoms with van der Waals surface area (Å²) in [6.07, 6.45) is 0.646. The SMILES string of the molecule is CC(Cl)CCN(C)C(=O)c1ccc(F)c(F)c1. The summed E-state index contributed by atoms with van der Waals surface area (Å²) in [7, 11) is 1.60. The lowest BCUT2D eigenvalue weighted by atomic mass is 10.2. The number of rotatable bonds is 4. The second kappa shape index (κ2) is 5.96. The van der Waals surface area contributed by atoms with Gasteiger partial charge >= 0.3 is 0 Å². The first-order valence-corrected chi connectivity index (χ1v) is 5.70. The second-order valence-corrected chi connectivity index (χ2v) is 4.67. The normalized spacial score (nSPS) is 12.3. The number of halogens is 3. The Morgan fingerprint density at radius 2 is 2.06 bits per heavy atom. The molecule has 0 radical (unpaired) electrons. The summed E-state index contributed by atoms with van der Waals surface area (Å²) in [5, 5.41) is -0.0322. The van der Waals surface area contributed by atoms with Gasteiger partial charge in [0.05, 0.1) is 0 Å². The minimum Gasteiger partial charge on any atom is -0.342 e. The van der Waals surface area contributed by atoms with Crippen molar-refractivity contribution in [1.29, 1.82) is 0 Å². The third kappa shape index (κ3) is 3.97. The van der Waals surface area contributed by atoms with Crippen LogP contribution in [0.25, 0.3) is 0 Å². The Morgan fingerprint density at radius 1 is 1.41 bits per heavy atom. The highest BCUT2D eigenvalue weighted by atomic mass is 35.5. The molecule has 0 bridgehead atoms. The molecule has 0 spiro atoms. The predicted octanol–water partition coefficient (Wildman–Crippen LogP) is 3.05. The monoisotopic (exact) mass is 261 g/mol. The molecule has 1 amide bonds. The number of carbonyl (C=O) groups excluding carboxylic acids is 1. The zero-order chi connectivity index (χ0) is 13.0. The molecule has 0 heterocycles. The fourth-order valence-corrected chi connectivity index (χ4v) is 1.42. The lowest BCUT2D eigenvalue weighted by Crippen LogP contribution is -2.28. The fourth-order valence-electron chi connectivity index (χ4n) is 1.32. The van der Waals surface area contributed by atoms with E-state index in [0.29, 0.717) is 13.0 Å². The standard InChI is InChI=1S/C12H14ClF2NO/c1-8(13)5-6-16(2)12(17)9-3-4-10(14)11(15)7-9/h3-4,7-8H,5-6H2,1-2H3. The van der Waals surface area contributed by atoms with Crippen molar-refractivity contribution in [3.63, 3.8) is 0 Å². The molecule has 94 valence electrons. The lowest BCUT2D eigenvalue weighted by Gasteiger charge is -2.17. The fraction of sp³-hybridized carbons (Fsp3) is 0.417. The molecule has 0 aliphatic carbocycles. The van der Waals surface area contributed by atoms with Crippen LogP contribution in [0.1, 0.15) is 23.7 Å². The highest BCUT2D eigenvalue weighted by Gasteiger charge is 2.14. The molecule has 1 atom stereocenters. The Hall–Kier alpha value is -1.16. The number of benzene rings is 1. The van der Waals surface area contributed by atoms with E-state index < -0.39 is 11.6 Å². The Labute approximate surface area is 104 Å². The maximum absolute atomic E-state index is 13.0. The van der Waals surface area contributed by atoms with Crippen molar-refractivity contribution >= 4 is 17.5 Å². The molecule has 0 aromatic heterocycles. The van der Waals surface area contributed by atoms with E-state index in [4.69, 9.17) is 11.6 Å². The molecule has 2 nitrogen and oxygen atoms in total. The predicted molar refractivity (Wildman–Crippen MR) is 63.3 cm³/mol. The van der Waals surface area contributed by atoms with Crippen molar-refractivity contribution in [1.82, 2.24) is 4.90 Å². The minimum absolute atomic E-state index is 0.0322. The van der Waals surface area contributed by atoms with Crippen LogP contribution in [0.5, 0.6) is 0 Å². The van der Waals surface area contributed by atoms with Gasteiger partial charge in [-0.05, 0) is 31.5 Å². The minimum atomic E-state index is -1.02. The molecule has 0 N–H and O–H groups in total. The van der Waals surface area contributed by atoms with E-state index in [1.807, 2.05) is 6.92 Å². The van der Waals surface area contributed by atoms with Crippen LogP contribution in [0.15, 0.2) is 18.2 Å². The summed E-state index contributed by atoms with van der Waals surface area (Å²) in [5.41, 5.74) is 0.133. The summed E-state index contributed by atoms with van der Waals surface area (Å²) in [5.74, 6) is -2.32. The summed E-state index contributed by atoms with van der Waals surface area (Å²) in [6, 6.07) is 3.11. The van der Waals surface area contributed by atoms with Gasteiger partial charge in [0.15, 0.2) is 11.6 Å². The van der Waals surface area contributed by atoms with Gasteiger partial charge in [0.1, 0.15) is 0 Å². The van der Waals surface area contributed by atoms with Gasteiger partial charge < -0.3 is 4.90 Å². The van der Waals surface area contributed by atoms with Crippen LogP contribution in [-0.2, 0) is 0 Å². The quantitative estimate of drug-likeness (QED) is 0.763. The van der Waals surface area contributed by atoms with E-state index in [1.54, 1.807) is 7.05 Å². The molecule has 0 aliphatic rings. The smallest absolute Gasteiger partial charge is 0.253 e. The first-order valence-electron chi connectivity index (χ1n) is 5.26. The largest absolute Gasteiger partial charge is 0.342 e. The average Bonchev–Trinajstić information content (AvgIpc) is 2.28. The number of hydrogen-bond acceptors (Lipinski definition) is 1. The summed E-state index contributed by atoms with van der Waals surface area (Å²) < 4.78 is 25.6. The van der Waals surface area contributed by atoms with Crippen LogP contribution in [0.3, 0.4) is 0 Å². The van der Waals surface area contributed by atoms with Crippen molar-refractivity contribution in [2.75, 3.05) is 13.6 Å². The lowest BCUT2D eigenvalue weighted by molar-refractivity contribution is 0.0793. The first kappa shape index (κ1) is 13.9.